The fraction of sp³-hybridized carbons (Fsp3) is 0.942. The van der Waals surface area contributed by atoms with Crippen LogP contribution in [0.5, 0.6) is 0 Å². The first-order chi connectivity index (χ1) is 42.1. The largest absolute Gasteiger partial charge is 0.472 e. The van der Waals surface area contributed by atoms with Gasteiger partial charge in [-0.3, -0.25) is 37.3 Å². The number of carbonyl (C=O) groups excluding carboxylic acids is 4. The molecule has 0 heterocycles. The monoisotopic (exact) mass is 1300 g/mol. The first-order valence-corrected chi connectivity index (χ1v) is 38.7. The Morgan fingerprint density at radius 2 is 0.477 bits per heavy atom. The molecule has 17 nitrogen and oxygen atoms in total. The molecule has 0 amide bonds. The first kappa shape index (κ1) is 86.1. The maximum atomic E-state index is 13.0. The van der Waals surface area contributed by atoms with E-state index in [0.717, 1.165) is 114 Å². The SMILES string of the molecule is CC(C)CCCCCCCCCCCCCCC(=O)OC[C@H](COP(=O)(O)OC[C@@H](O)COP(=O)(O)OC[C@@H](COC(=O)CCCCCCCCC(C)C)OC(=O)CCCCCCCCCCCC(C)C)OC(=O)CCCCCCCCCCCC(C)C. The number of aliphatic hydroxyl groups excluding tert-OH is 1. The molecule has 0 spiro atoms. The number of hydrogen-bond donors (Lipinski definition) is 3. The maximum Gasteiger partial charge on any atom is 0.472 e. The Morgan fingerprint density at radius 1 is 0.284 bits per heavy atom. The van der Waals surface area contributed by atoms with Crippen molar-refractivity contribution in [3.05, 3.63) is 0 Å². The van der Waals surface area contributed by atoms with Gasteiger partial charge in [-0.15, -0.1) is 0 Å². The zero-order chi connectivity index (χ0) is 65.4. The highest BCUT2D eigenvalue weighted by molar-refractivity contribution is 7.47. The number of unbranched alkanes of at least 4 members (excludes halogenated alkanes) is 32. The number of carbonyl (C=O) groups is 4. The van der Waals surface area contributed by atoms with Gasteiger partial charge in [0.25, 0.3) is 0 Å². The van der Waals surface area contributed by atoms with Crippen LogP contribution in [0, 0.1) is 23.7 Å². The molecule has 0 saturated heterocycles. The second-order valence-electron chi connectivity index (χ2n) is 26.8. The Labute approximate surface area is 537 Å². The molecule has 0 bridgehead atoms. The molecule has 2 unspecified atom stereocenters. The van der Waals surface area contributed by atoms with Gasteiger partial charge < -0.3 is 33.8 Å². The van der Waals surface area contributed by atoms with Crippen LogP contribution in [0.1, 0.15) is 338 Å². The minimum absolute atomic E-state index is 0.104. The molecule has 0 rings (SSSR count). The molecule has 0 aliphatic rings. The van der Waals surface area contributed by atoms with Crippen molar-refractivity contribution in [3.8, 4) is 0 Å². The quantitative estimate of drug-likeness (QED) is 0.0222. The molecule has 0 aromatic carbocycles. The lowest BCUT2D eigenvalue weighted by molar-refractivity contribution is -0.161. The third-order valence-electron chi connectivity index (χ3n) is 15.8. The van der Waals surface area contributed by atoms with Crippen LogP contribution in [0.25, 0.3) is 0 Å². The topological polar surface area (TPSA) is 237 Å². The summed E-state index contributed by atoms with van der Waals surface area (Å²) >= 11 is 0. The van der Waals surface area contributed by atoms with Crippen LogP contribution in [0.15, 0.2) is 0 Å². The fourth-order valence-electron chi connectivity index (χ4n) is 10.3. The van der Waals surface area contributed by atoms with Crippen molar-refractivity contribution in [3.63, 3.8) is 0 Å². The van der Waals surface area contributed by atoms with Crippen molar-refractivity contribution in [2.24, 2.45) is 23.7 Å². The molecule has 5 atom stereocenters. The van der Waals surface area contributed by atoms with Crippen LogP contribution >= 0.6 is 15.6 Å². The molecule has 0 radical (unpaired) electrons. The Morgan fingerprint density at radius 3 is 0.705 bits per heavy atom. The van der Waals surface area contributed by atoms with E-state index < -0.39 is 97.5 Å². The van der Waals surface area contributed by atoms with E-state index in [4.69, 9.17) is 37.0 Å². The molecule has 0 aromatic heterocycles. The zero-order valence-corrected chi connectivity index (χ0v) is 59.1. The predicted molar refractivity (Wildman–Crippen MR) is 354 cm³/mol. The zero-order valence-electron chi connectivity index (χ0n) is 57.3. The van der Waals surface area contributed by atoms with Crippen molar-refractivity contribution in [2.45, 2.75) is 356 Å². The molecule has 0 saturated carbocycles. The average molecular weight is 1300 g/mol. The Balaban J connectivity index is 5.24. The number of phosphoric acid groups is 2. The van der Waals surface area contributed by atoms with E-state index in [1.54, 1.807) is 0 Å². The van der Waals surface area contributed by atoms with Gasteiger partial charge in [0.05, 0.1) is 26.4 Å². The maximum absolute atomic E-state index is 13.0. The van der Waals surface area contributed by atoms with E-state index >= 15 is 0 Å². The molecule has 3 N–H and O–H groups in total. The molecule has 0 aliphatic heterocycles. The van der Waals surface area contributed by atoms with Gasteiger partial charge >= 0.3 is 39.5 Å². The van der Waals surface area contributed by atoms with Crippen molar-refractivity contribution in [1.82, 2.24) is 0 Å². The van der Waals surface area contributed by atoms with Crippen LogP contribution < -0.4 is 0 Å². The van der Waals surface area contributed by atoms with Gasteiger partial charge in [0.1, 0.15) is 19.3 Å². The summed E-state index contributed by atoms with van der Waals surface area (Å²) in [7, 11) is -9.90. The second-order valence-corrected chi connectivity index (χ2v) is 29.7. The Bertz CT molecular complexity index is 1750. The number of phosphoric ester groups is 2. The Kier molecular flexibility index (Phi) is 57.6. The molecule has 522 valence electrons. The lowest BCUT2D eigenvalue weighted by atomic mass is 10.0. The number of rotatable bonds is 66. The van der Waals surface area contributed by atoms with E-state index in [1.165, 1.54) is 135 Å². The minimum atomic E-state index is -4.95. The summed E-state index contributed by atoms with van der Waals surface area (Å²) in [5.74, 6) is 0.801. The van der Waals surface area contributed by atoms with Crippen LogP contribution in [0.4, 0.5) is 0 Å². The summed E-state index contributed by atoms with van der Waals surface area (Å²) in [4.78, 5) is 72.4. The van der Waals surface area contributed by atoms with Crippen molar-refractivity contribution in [2.75, 3.05) is 39.6 Å². The highest BCUT2D eigenvalue weighted by Gasteiger charge is 2.30. The van der Waals surface area contributed by atoms with Crippen molar-refractivity contribution >= 4 is 39.5 Å². The van der Waals surface area contributed by atoms with Gasteiger partial charge in [-0.2, -0.15) is 0 Å². The summed E-state index contributed by atoms with van der Waals surface area (Å²) in [5.41, 5.74) is 0. The molecule has 19 heteroatoms. The third kappa shape index (κ3) is 62.8. The molecule has 0 aliphatic carbocycles. The van der Waals surface area contributed by atoms with Gasteiger partial charge in [0.2, 0.25) is 0 Å². The van der Waals surface area contributed by atoms with Crippen molar-refractivity contribution in [1.29, 1.82) is 0 Å². The lowest BCUT2D eigenvalue weighted by Gasteiger charge is -2.21. The molecule has 88 heavy (non-hydrogen) atoms. The number of hydrogen-bond acceptors (Lipinski definition) is 15. The van der Waals surface area contributed by atoms with Crippen molar-refractivity contribution < 1.29 is 80.2 Å². The van der Waals surface area contributed by atoms with E-state index in [0.29, 0.717) is 31.6 Å². The number of ether oxygens (including phenoxy) is 4. The van der Waals surface area contributed by atoms with Gasteiger partial charge in [0.15, 0.2) is 12.2 Å². The van der Waals surface area contributed by atoms with E-state index in [9.17, 15) is 43.2 Å². The van der Waals surface area contributed by atoms with Crippen LogP contribution in [-0.4, -0.2) is 96.7 Å². The minimum Gasteiger partial charge on any atom is -0.462 e. The molecule has 0 fully saturated rings. The summed E-state index contributed by atoms with van der Waals surface area (Å²) in [5, 5.41) is 10.6. The van der Waals surface area contributed by atoms with Gasteiger partial charge in [-0.1, -0.05) is 287 Å². The highest BCUT2D eigenvalue weighted by Crippen LogP contribution is 2.45. The summed E-state index contributed by atoms with van der Waals surface area (Å²) < 4.78 is 68.2. The number of aliphatic hydroxyl groups is 1. The fourth-order valence-corrected chi connectivity index (χ4v) is 11.9. The average Bonchev–Trinajstić information content (AvgIpc) is 3.62. The van der Waals surface area contributed by atoms with Gasteiger partial charge in [-0.25, -0.2) is 9.13 Å². The molecule has 0 aromatic rings. The molecular formula is C69H134O17P2. The normalized spacial score (nSPS) is 14.3. The van der Waals surface area contributed by atoms with E-state index in [2.05, 4.69) is 55.4 Å². The van der Waals surface area contributed by atoms with Crippen LogP contribution in [0.2, 0.25) is 0 Å². The summed E-state index contributed by atoms with van der Waals surface area (Å²) in [6.45, 7) is 14.0. The lowest BCUT2D eigenvalue weighted by Crippen LogP contribution is -2.30. The smallest absolute Gasteiger partial charge is 0.462 e. The second kappa shape index (κ2) is 58.8. The third-order valence-corrected chi connectivity index (χ3v) is 17.7. The summed E-state index contributed by atoms with van der Waals surface area (Å²) in [6, 6.07) is 0. The van der Waals surface area contributed by atoms with E-state index in [-0.39, 0.29) is 25.7 Å². The first-order valence-electron chi connectivity index (χ1n) is 35.7. The number of esters is 4. The van der Waals surface area contributed by atoms with Crippen LogP contribution in [-0.2, 0) is 65.4 Å². The Hall–Kier alpha value is -1.94. The highest BCUT2D eigenvalue weighted by atomic mass is 31.2. The van der Waals surface area contributed by atoms with Crippen LogP contribution in [0.3, 0.4) is 0 Å². The summed E-state index contributed by atoms with van der Waals surface area (Å²) in [6.07, 6.45) is 40.5. The standard InChI is InChI=1S/C69H134O17P2/c1-59(2)45-37-29-21-15-11-9-10-12-18-24-33-41-49-66(71)79-55-64(85-68(73)51-43-35-25-19-13-16-22-30-38-46-60(3)4)57-83-87(75,76)81-53-63(70)54-82-88(77,78)84-58-65(56-80-67(72)50-42-34-28-27-32-40-48-62(7)8)86-69(74)52-44-36-26-20-14-17-23-31-39-47-61(5)6/h59-65,70H,9-58H2,1-8H3,(H,75,76)(H,77,78)/t63-,64-,65-/m1/s1. The molecular weight excluding hydrogens is 1160 g/mol. The van der Waals surface area contributed by atoms with Gasteiger partial charge in [0, 0.05) is 25.7 Å². The van der Waals surface area contributed by atoms with E-state index in [1.807, 2.05) is 0 Å². The predicted octanol–water partition coefficient (Wildman–Crippen LogP) is 19.3. The van der Waals surface area contributed by atoms with Gasteiger partial charge in [-0.05, 0) is 49.4 Å².